The summed E-state index contributed by atoms with van der Waals surface area (Å²) in [4.78, 5) is 14.3. The highest BCUT2D eigenvalue weighted by atomic mass is 16.5. The molecule has 1 aromatic heterocycles. The normalized spacial score (nSPS) is 11.3. The van der Waals surface area contributed by atoms with Crippen LogP contribution in [0.4, 0.5) is 0 Å². The van der Waals surface area contributed by atoms with Crippen molar-refractivity contribution in [3.63, 3.8) is 0 Å². The fraction of sp³-hybridized carbons (Fsp3) is 0.227. The van der Waals surface area contributed by atoms with E-state index in [0.717, 1.165) is 37.9 Å². The van der Waals surface area contributed by atoms with Crippen molar-refractivity contribution in [2.75, 3.05) is 6.54 Å². The van der Waals surface area contributed by atoms with Gasteiger partial charge in [-0.2, -0.15) is 0 Å². The monoisotopic (exact) mass is 363 g/mol. The number of unbranched alkanes of at least 4 members (excludes halogenated alkanes) is 1. The third kappa shape index (κ3) is 5.54. The second kappa shape index (κ2) is 9.71. The molecule has 3 rings (SSSR count). The van der Waals surface area contributed by atoms with Gasteiger partial charge in [-0.3, -0.25) is 10.0 Å². The molecule has 0 fully saturated rings. The molecule has 0 spiro atoms. The fourth-order valence-electron chi connectivity index (χ4n) is 3.09. The molecule has 5 heteroatoms. The number of carbonyl (C=O) groups excluding carboxylic acids is 1. The van der Waals surface area contributed by atoms with E-state index in [4.69, 9.17) is 5.21 Å². The standard InChI is InChI=1S/C22H25N3O2/c26-22(25-27)13-12-17-8-10-18(11-9-17)15-23-14-4-3-5-19-16-24-21-7-2-1-6-20(19)21/h1-2,6-13,16,23-24,27H,3-5,14-15H2,(H,25,26). The van der Waals surface area contributed by atoms with Crippen LogP contribution in [0.3, 0.4) is 0 Å². The van der Waals surface area contributed by atoms with Crippen LogP contribution in [0.1, 0.15) is 29.5 Å². The first-order valence-electron chi connectivity index (χ1n) is 9.23. The fourth-order valence-corrected chi connectivity index (χ4v) is 3.09. The van der Waals surface area contributed by atoms with Crippen molar-refractivity contribution in [1.29, 1.82) is 0 Å². The van der Waals surface area contributed by atoms with Crippen molar-refractivity contribution in [3.8, 4) is 0 Å². The van der Waals surface area contributed by atoms with E-state index >= 15 is 0 Å². The van der Waals surface area contributed by atoms with E-state index in [0.29, 0.717) is 0 Å². The lowest BCUT2D eigenvalue weighted by Gasteiger charge is -2.05. The maximum atomic E-state index is 11.0. The predicted molar refractivity (Wildman–Crippen MR) is 108 cm³/mol. The van der Waals surface area contributed by atoms with Gasteiger partial charge in [0.05, 0.1) is 0 Å². The van der Waals surface area contributed by atoms with Crippen molar-refractivity contribution in [2.45, 2.75) is 25.8 Å². The summed E-state index contributed by atoms with van der Waals surface area (Å²) in [5.74, 6) is -0.534. The predicted octanol–water partition coefficient (Wildman–Crippen LogP) is 3.80. The van der Waals surface area contributed by atoms with Crippen LogP contribution < -0.4 is 10.8 Å². The van der Waals surface area contributed by atoms with Gasteiger partial charge in [-0.15, -0.1) is 0 Å². The van der Waals surface area contributed by atoms with Gasteiger partial charge in [-0.1, -0.05) is 42.5 Å². The van der Waals surface area contributed by atoms with Gasteiger partial charge in [0, 0.05) is 29.7 Å². The summed E-state index contributed by atoms with van der Waals surface area (Å²) in [6.45, 7) is 1.81. The topological polar surface area (TPSA) is 77.2 Å². The average molecular weight is 363 g/mol. The second-order valence-electron chi connectivity index (χ2n) is 6.54. The summed E-state index contributed by atoms with van der Waals surface area (Å²) < 4.78 is 0. The molecular formula is C22H25N3O2. The summed E-state index contributed by atoms with van der Waals surface area (Å²) in [6, 6.07) is 16.4. The van der Waals surface area contributed by atoms with Gasteiger partial charge in [0.1, 0.15) is 0 Å². The molecule has 3 aromatic rings. The van der Waals surface area contributed by atoms with Crippen LogP contribution in [-0.2, 0) is 17.8 Å². The van der Waals surface area contributed by atoms with Crippen LogP contribution in [0.5, 0.6) is 0 Å². The highest BCUT2D eigenvalue weighted by molar-refractivity contribution is 5.90. The number of aromatic nitrogens is 1. The van der Waals surface area contributed by atoms with Crippen molar-refractivity contribution >= 4 is 22.9 Å². The molecule has 0 aliphatic carbocycles. The van der Waals surface area contributed by atoms with Crippen molar-refractivity contribution in [2.24, 2.45) is 0 Å². The minimum atomic E-state index is -0.534. The highest BCUT2D eigenvalue weighted by Crippen LogP contribution is 2.19. The van der Waals surface area contributed by atoms with E-state index in [9.17, 15) is 4.79 Å². The molecule has 0 atom stereocenters. The van der Waals surface area contributed by atoms with Crippen LogP contribution in [0.15, 0.2) is 60.8 Å². The lowest BCUT2D eigenvalue weighted by atomic mass is 10.1. The minimum Gasteiger partial charge on any atom is -0.361 e. The molecule has 0 radical (unpaired) electrons. The Morgan fingerprint density at radius 1 is 1.07 bits per heavy atom. The Morgan fingerprint density at radius 3 is 2.70 bits per heavy atom. The molecule has 27 heavy (non-hydrogen) atoms. The molecule has 0 saturated heterocycles. The molecular weight excluding hydrogens is 338 g/mol. The van der Waals surface area contributed by atoms with Crippen LogP contribution in [0.2, 0.25) is 0 Å². The number of carbonyl (C=O) groups is 1. The lowest BCUT2D eigenvalue weighted by molar-refractivity contribution is -0.124. The van der Waals surface area contributed by atoms with E-state index in [-0.39, 0.29) is 0 Å². The van der Waals surface area contributed by atoms with Gasteiger partial charge >= 0.3 is 0 Å². The number of fused-ring (bicyclic) bond motifs is 1. The lowest BCUT2D eigenvalue weighted by Crippen LogP contribution is -2.15. The number of hydroxylamine groups is 1. The van der Waals surface area contributed by atoms with Crippen LogP contribution in [0, 0.1) is 0 Å². The maximum absolute atomic E-state index is 11.0. The Hall–Kier alpha value is -2.89. The molecule has 4 N–H and O–H groups in total. The van der Waals surface area contributed by atoms with Crippen molar-refractivity contribution < 1.29 is 10.0 Å². The summed E-state index contributed by atoms with van der Waals surface area (Å²) >= 11 is 0. The quantitative estimate of drug-likeness (QED) is 0.202. The first kappa shape index (κ1) is 18.9. The molecule has 1 amide bonds. The number of amides is 1. The SMILES string of the molecule is O=C(C=Cc1ccc(CNCCCCc2c[nH]c3ccccc23)cc1)NO. The number of H-pyrrole nitrogens is 1. The average Bonchev–Trinajstić information content (AvgIpc) is 3.12. The largest absolute Gasteiger partial charge is 0.361 e. The van der Waals surface area contributed by atoms with E-state index in [1.807, 2.05) is 24.3 Å². The zero-order valence-corrected chi connectivity index (χ0v) is 15.2. The number of para-hydroxylation sites is 1. The summed E-state index contributed by atoms with van der Waals surface area (Å²) in [5.41, 5.74) is 6.29. The summed E-state index contributed by atoms with van der Waals surface area (Å²) in [6.07, 6.45) is 8.46. The zero-order valence-electron chi connectivity index (χ0n) is 15.2. The Labute approximate surface area is 159 Å². The molecule has 140 valence electrons. The van der Waals surface area contributed by atoms with E-state index in [1.165, 1.54) is 28.1 Å². The molecule has 5 nitrogen and oxygen atoms in total. The molecule has 2 aromatic carbocycles. The van der Waals surface area contributed by atoms with Crippen LogP contribution in [0.25, 0.3) is 17.0 Å². The van der Waals surface area contributed by atoms with Gasteiger partial charge in [0.15, 0.2) is 0 Å². The smallest absolute Gasteiger partial charge is 0.267 e. The third-order valence-corrected chi connectivity index (χ3v) is 4.57. The first-order valence-corrected chi connectivity index (χ1v) is 9.23. The van der Waals surface area contributed by atoms with Gasteiger partial charge in [0.2, 0.25) is 0 Å². The molecule has 0 unspecified atom stereocenters. The number of aromatic amines is 1. The number of hydrogen-bond donors (Lipinski definition) is 4. The first-order chi connectivity index (χ1) is 13.3. The van der Waals surface area contributed by atoms with Gasteiger partial charge in [-0.25, -0.2) is 5.48 Å². The number of rotatable bonds is 9. The Kier molecular flexibility index (Phi) is 6.79. The third-order valence-electron chi connectivity index (χ3n) is 4.57. The molecule has 0 bridgehead atoms. The van der Waals surface area contributed by atoms with Crippen LogP contribution >= 0.6 is 0 Å². The van der Waals surface area contributed by atoms with Gasteiger partial charge in [-0.05, 0) is 54.6 Å². The molecule has 0 aliphatic rings. The Bertz CT molecular complexity index is 897. The Balaban J connectivity index is 1.35. The highest BCUT2D eigenvalue weighted by Gasteiger charge is 2.02. The molecule has 1 heterocycles. The van der Waals surface area contributed by atoms with Gasteiger partial charge < -0.3 is 10.3 Å². The minimum absolute atomic E-state index is 0.534. The maximum Gasteiger partial charge on any atom is 0.267 e. The molecule has 0 saturated carbocycles. The summed E-state index contributed by atoms with van der Waals surface area (Å²) in [7, 11) is 0. The number of nitrogens with one attached hydrogen (secondary N) is 3. The number of benzene rings is 2. The second-order valence-corrected chi connectivity index (χ2v) is 6.54. The zero-order chi connectivity index (χ0) is 18.9. The molecule has 0 aliphatic heterocycles. The number of aryl methyl sites for hydroxylation is 1. The van der Waals surface area contributed by atoms with E-state index in [2.05, 4.69) is 40.8 Å². The van der Waals surface area contributed by atoms with Crippen LogP contribution in [-0.4, -0.2) is 22.6 Å². The number of hydrogen-bond acceptors (Lipinski definition) is 3. The van der Waals surface area contributed by atoms with Gasteiger partial charge in [0.25, 0.3) is 5.91 Å². The summed E-state index contributed by atoms with van der Waals surface area (Å²) in [5, 5.41) is 13.3. The van der Waals surface area contributed by atoms with E-state index in [1.54, 1.807) is 11.6 Å². The van der Waals surface area contributed by atoms with E-state index < -0.39 is 5.91 Å². The van der Waals surface area contributed by atoms with Crippen molar-refractivity contribution in [3.05, 3.63) is 77.5 Å². The van der Waals surface area contributed by atoms with Crippen molar-refractivity contribution in [1.82, 2.24) is 15.8 Å². The Morgan fingerprint density at radius 2 is 1.89 bits per heavy atom.